The molecule has 0 amide bonds. The van der Waals surface area contributed by atoms with Gasteiger partial charge in [-0.25, -0.2) is 8.42 Å². The zero-order valence-corrected chi connectivity index (χ0v) is 8.99. The minimum absolute atomic E-state index is 0.0735. The van der Waals surface area contributed by atoms with Crippen molar-refractivity contribution in [2.24, 2.45) is 0 Å². The summed E-state index contributed by atoms with van der Waals surface area (Å²) < 4.78 is 26.6. The molecule has 4 nitrogen and oxygen atoms in total. The Bertz CT molecular complexity index is 546. The van der Waals surface area contributed by atoms with Crippen LogP contribution in [0, 0.1) is 0 Å². The van der Waals surface area contributed by atoms with Gasteiger partial charge in [0.05, 0.1) is 11.1 Å². The first-order valence-electron chi connectivity index (χ1n) is 4.02. The van der Waals surface area contributed by atoms with Gasteiger partial charge in [-0.15, -0.1) is 0 Å². The van der Waals surface area contributed by atoms with Crippen LogP contribution in [0.5, 0.6) is 0 Å². The van der Waals surface area contributed by atoms with Crippen molar-refractivity contribution >= 4 is 19.7 Å². The van der Waals surface area contributed by atoms with Gasteiger partial charge < -0.3 is 4.52 Å². The summed E-state index contributed by atoms with van der Waals surface area (Å²) in [5.41, 5.74) is 1.61. The van der Waals surface area contributed by atoms with Gasteiger partial charge >= 0.3 is 0 Å². The normalized spacial score (nSPS) is 11.5. The molecule has 2 aromatic rings. The van der Waals surface area contributed by atoms with Crippen molar-refractivity contribution in [1.29, 1.82) is 0 Å². The maximum absolute atomic E-state index is 11.0. The number of rotatable bonds is 2. The molecule has 0 aliphatic carbocycles. The monoisotopic (exact) mass is 243 g/mol. The Labute approximate surface area is 90.9 Å². The zero-order valence-electron chi connectivity index (χ0n) is 7.42. The Morgan fingerprint density at radius 3 is 2.27 bits per heavy atom. The Balaban J connectivity index is 2.42. The molecule has 1 heterocycles. The molecule has 0 saturated carbocycles. The Kier molecular flexibility index (Phi) is 2.50. The minimum Gasteiger partial charge on any atom is -0.364 e. The number of benzene rings is 1. The van der Waals surface area contributed by atoms with Crippen LogP contribution in [0.25, 0.3) is 11.1 Å². The highest BCUT2D eigenvalue weighted by molar-refractivity contribution is 8.13. The predicted molar refractivity (Wildman–Crippen MR) is 55.0 cm³/mol. The van der Waals surface area contributed by atoms with E-state index in [1.165, 1.54) is 18.4 Å². The van der Waals surface area contributed by atoms with E-state index < -0.39 is 9.05 Å². The first-order valence-corrected chi connectivity index (χ1v) is 6.33. The van der Waals surface area contributed by atoms with Gasteiger partial charge in [0.15, 0.2) is 0 Å². The molecule has 0 bridgehead atoms. The number of halogens is 1. The van der Waals surface area contributed by atoms with Crippen molar-refractivity contribution in [2.45, 2.75) is 4.90 Å². The number of aromatic nitrogens is 1. The van der Waals surface area contributed by atoms with Gasteiger partial charge in [-0.2, -0.15) is 0 Å². The maximum atomic E-state index is 11.0. The first-order chi connectivity index (χ1) is 7.07. The molecule has 0 spiro atoms. The second kappa shape index (κ2) is 3.67. The molecule has 0 atom stereocenters. The third-order valence-corrected chi connectivity index (χ3v) is 3.27. The topological polar surface area (TPSA) is 60.2 Å². The van der Waals surface area contributed by atoms with Gasteiger partial charge in [0.2, 0.25) is 0 Å². The van der Waals surface area contributed by atoms with Crippen LogP contribution in [0.2, 0.25) is 0 Å². The molecule has 0 fully saturated rings. The lowest BCUT2D eigenvalue weighted by Gasteiger charge is -1.98. The first kappa shape index (κ1) is 10.2. The van der Waals surface area contributed by atoms with Crippen molar-refractivity contribution in [1.82, 2.24) is 5.16 Å². The van der Waals surface area contributed by atoms with Crippen LogP contribution in [-0.2, 0) is 9.05 Å². The highest BCUT2D eigenvalue weighted by Gasteiger charge is 2.09. The molecule has 1 aromatic heterocycles. The Morgan fingerprint density at radius 1 is 1.13 bits per heavy atom. The van der Waals surface area contributed by atoms with E-state index in [1.807, 2.05) is 0 Å². The smallest absolute Gasteiger partial charge is 0.261 e. The number of hydrogen-bond acceptors (Lipinski definition) is 4. The number of hydrogen-bond donors (Lipinski definition) is 0. The SMILES string of the molecule is O=S(=O)(Cl)c1ccc(-c2cnoc2)cc1. The van der Waals surface area contributed by atoms with Gasteiger partial charge in [0.25, 0.3) is 9.05 Å². The fourth-order valence-corrected chi connectivity index (χ4v) is 1.93. The third-order valence-electron chi connectivity index (χ3n) is 1.90. The fraction of sp³-hybridized carbons (Fsp3) is 0. The van der Waals surface area contributed by atoms with Crippen LogP contribution < -0.4 is 0 Å². The molecular formula is C9H6ClNO3S. The average molecular weight is 244 g/mol. The highest BCUT2D eigenvalue weighted by atomic mass is 35.7. The maximum Gasteiger partial charge on any atom is 0.261 e. The van der Waals surface area contributed by atoms with Crippen LogP contribution >= 0.6 is 10.7 Å². The zero-order chi connectivity index (χ0) is 10.9. The third kappa shape index (κ3) is 2.19. The van der Waals surface area contributed by atoms with Crippen molar-refractivity contribution in [3.8, 4) is 11.1 Å². The Hall–Kier alpha value is -1.33. The van der Waals surface area contributed by atoms with E-state index in [0.717, 1.165) is 11.1 Å². The van der Waals surface area contributed by atoms with E-state index >= 15 is 0 Å². The summed E-state index contributed by atoms with van der Waals surface area (Å²) >= 11 is 0. The summed E-state index contributed by atoms with van der Waals surface area (Å²) in [6, 6.07) is 6.15. The molecule has 15 heavy (non-hydrogen) atoms. The summed E-state index contributed by atoms with van der Waals surface area (Å²) in [5, 5.41) is 3.55. The van der Waals surface area contributed by atoms with Crippen LogP contribution in [-0.4, -0.2) is 13.6 Å². The summed E-state index contributed by atoms with van der Waals surface area (Å²) in [4.78, 5) is 0.0735. The highest BCUT2D eigenvalue weighted by Crippen LogP contribution is 2.22. The molecule has 1 aromatic carbocycles. The Morgan fingerprint density at radius 2 is 1.80 bits per heavy atom. The molecule has 6 heteroatoms. The van der Waals surface area contributed by atoms with E-state index in [9.17, 15) is 8.42 Å². The standard InChI is InChI=1S/C9H6ClNO3S/c10-15(12,13)9-3-1-7(2-4-9)8-5-11-14-6-8/h1-6H. The lowest BCUT2D eigenvalue weighted by molar-refractivity contribution is 0.420. The van der Waals surface area contributed by atoms with Crippen LogP contribution in [0.3, 0.4) is 0 Å². The van der Waals surface area contributed by atoms with Gasteiger partial charge in [0, 0.05) is 16.2 Å². The largest absolute Gasteiger partial charge is 0.364 e. The van der Waals surface area contributed by atoms with Crippen LogP contribution in [0.1, 0.15) is 0 Å². The summed E-state index contributed by atoms with van der Waals surface area (Å²) in [5.74, 6) is 0. The van der Waals surface area contributed by atoms with E-state index in [1.54, 1.807) is 18.3 Å². The summed E-state index contributed by atoms with van der Waals surface area (Å²) in [6.07, 6.45) is 3.02. The van der Waals surface area contributed by atoms with Gasteiger partial charge in [-0.05, 0) is 17.7 Å². The lowest BCUT2D eigenvalue weighted by atomic mass is 10.1. The summed E-state index contributed by atoms with van der Waals surface area (Å²) in [6.45, 7) is 0. The van der Waals surface area contributed by atoms with Crippen molar-refractivity contribution in [2.75, 3.05) is 0 Å². The van der Waals surface area contributed by atoms with E-state index in [2.05, 4.69) is 9.68 Å². The molecule has 0 N–H and O–H groups in total. The minimum atomic E-state index is -3.66. The van der Waals surface area contributed by atoms with Gasteiger partial charge in [0.1, 0.15) is 6.26 Å². The molecule has 78 valence electrons. The van der Waals surface area contributed by atoms with E-state index in [0.29, 0.717) is 0 Å². The number of nitrogens with zero attached hydrogens (tertiary/aromatic N) is 1. The second-order valence-electron chi connectivity index (χ2n) is 2.88. The molecule has 2 rings (SSSR count). The van der Waals surface area contributed by atoms with Gasteiger partial charge in [-0.3, -0.25) is 0 Å². The molecule has 0 aliphatic rings. The van der Waals surface area contributed by atoms with E-state index in [4.69, 9.17) is 10.7 Å². The lowest BCUT2D eigenvalue weighted by Crippen LogP contribution is -1.89. The fourth-order valence-electron chi connectivity index (χ4n) is 1.16. The quantitative estimate of drug-likeness (QED) is 0.759. The van der Waals surface area contributed by atoms with Crippen LogP contribution in [0.4, 0.5) is 0 Å². The van der Waals surface area contributed by atoms with Gasteiger partial charge in [-0.1, -0.05) is 17.3 Å². The van der Waals surface area contributed by atoms with Crippen molar-refractivity contribution < 1.29 is 12.9 Å². The molecule has 0 unspecified atom stereocenters. The molecule has 0 aliphatic heterocycles. The molecule has 0 radical (unpaired) electrons. The van der Waals surface area contributed by atoms with E-state index in [-0.39, 0.29) is 4.90 Å². The molecule has 0 saturated heterocycles. The average Bonchev–Trinajstić information content (AvgIpc) is 2.69. The summed E-state index contributed by atoms with van der Waals surface area (Å²) in [7, 11) is 1.52. The predicted octanol–water partition coefficient (Wildman–Crippen LogP) is 2.27. The van der Waals surface area contributed by atoms with Crippen molar-refractivity contribution in [3.05, 3.63) is 36.7 Å². The van der Waals surface area contributed by atoms with Crippen LogP contribution in [0.15, 0.2) is 46.1 Å². The second-order valence-corrected chi connectivity index (χ2v) is 5.44. The molecular weight excluding hydrogens is 238 g/mol. The van der Waals surface area contributed by atoms with Crippen molar-refractivity contribution in [3.63, 3.8) is 0 Å².